The number of hydrogen-bond acceptors (Lipinski definition) is 1. The van der Waals surface area contributed by atoms with Crippen LogP contribution in [0.1, 0.15) is 26.7 Å². The third kappa shape index (κ3) is 1.35. The lowest BCUT2D eigenvalue weighted by molar-refractivity contribution is -0.104. The van der Waals surface area contributed by atoms with E-state index in [0.29, 0.717) is 0 Å². The molecule has 0 bridgehead atoms. The monoisotopic (exact) mass is 136 g/mol. The summed E-state index contributed by atoms with van der Waals surface area (Å²) >= 11 is 0. The van der Waals surface area contributed by atoms with Crippen LogP contribution in [0.15, 0.2) is 22.8 Å². The van der Waals surface area contributed by atoms with Gasteiger partial charge in [-0.2, -0.15) is 0 Å². The fourth-order valence-electron chi connectivity index (χ4n) is 1.12. The topological polar surface area (TPSA) is 17.1 Å². The molecule has 0 N–H and O–H groups in total. The highest BCUT2D eigenvalue weighted by atomic mass is 16.1. The second kappa shape index (κ2) is 2.82. The summed E-state index contributed by atoms with van der Waals surface area (Å²) < 4.78 is 0. The average Bonchev–Trinajstić information content (AvgIpc) is 1.94. The molecule has 0 amide bonds. The summed E-state index contributed by atoms with van der Waals surface area (Å²) in [6, 6.07) is 0. The summed E-state index contributed by atoms with van der Waals surface area (Å²) in [5.74, 6) is 0. The SMILES string of the molecule is CC1=CC(C=O)=C(C)CC1. The highest BCUT2D eigenvalue weighted by Crippen LogP contribution is 2.21. The van der Waals surface area contributed by atoms with Gasteiger partial charge in [-0.05, 0) is 26.7 Å². The molecular weight excluding hydrogens is 124 g/mol. The molecule has 0 spiro atoms. The van der Waals surface area contributed by atoms with Crippen LogP contribution in [0.2, 0.25) is 0 Å². The van der Waals surface area contributed by atoms with Crippen LogP contribution in [0, 0.1) is 0 Å². The molecule has 0 saturated heterocycles. The van der Waals surface area contributed by atoms with Gasteiger partial charge in [0.25, 0.3) is 0 Å². The standard InChI is InChI=1S/C9H12O/c1-7-3-4-8(2)9(5-7)6-10/h5-6H,3-4H2,1-2H3. The Bertz CT molecular complexity index is 209. The molecule has 0 radical (unpaired) electrons. The van der Waals surface area contributed by atoms with Gasteiger partial charge >= 0.3 is 0 Å². The molecule has 54 valence electrons. The predicted molar refractivity (Wildman–Crippen MR) is 41.8 cm³/mol. The van der Waals surface area contributed by atoms with E-state index in [1.54, 1.807) is 0 Å². The highest BCUT2D eigenvalue weighted by molar-refractivity contribution is 5.79. The van der Waals surface area contributed by atoms with Gasteiger partial charge < -0.3 is 0 Å². The molecule has 0 aromatic rings. The maximum absolute atomic E-state index is 10.4. The van der Waals surface area contributed by atoms with E-state index in [4.69, 9.17) is 0 Å². The van der Waals surface area contributed by atoms with Gasteiger partial charge in [0.05, 0.1) is 0 Å². The van der Waals surface area contributed by atoms with Gasteiger partial charge in [0, 0.05) is 5.57 Å². The van der Waals surface area contributed by atoms with Crippen LogP contribution in [-0.2, 0) is 4.79 Å². The lowest BCUT2D eigenvalue weighted by atomic mass is 9.95. The number of carbonyl (C=O) groups excluding carboxylic acids is 1. The van der Waals surface area contributed by atoms with Crippen LogP contribution in [0.5, 0.6) is 0 Å². The van der Waals surface area contributed by atoms with Gasteiger partial charge in [0.1, 0.15) is 6.29 Å². The van der Waals surface area contributed by atoms with Crippen molar-refractivity contribution in [3.8, 4) is 0 Å². The molecule has 0 fully saturated rings. The molecule has 1 nitrogen and oxygen atoms in total. The third-order valence-corrected chi connectivity index (χ3v) is 1.92. The molecule has 0 atom stereocenters. The largest absolute Gasteiger partial charge is 0.298 e. The minimum Gasteiger partial charge on any atom is -0.298 e. The van der Waals surface area contributed by atoms with Gasteiger partial charge in [-0.25, -0.2) is 0 Å². The Balaban J connectivity index is 2.92. The van der Waals surface area contributed by atoms with Crippen molar-refractivity contribution in [3.63, 3.8) is 0 Å². The molecule has 1 heteroatoms. The van der Waals surface area contributed by atoms with Crippen LogP contribution in [-0.4, -0.2) is 6.29 Å². The number of allylic oxidation sites excluding steroid dienone is 4. The molecule has 0 aromatic carbocycles. The Labute approximate surface area is 61.4 Å². The summed E-state index contributed by atoms with van der Waals surface area (Å²) in [5, 5.41) is 0. The van der Waals surface area contributed by atoms with E-state index in [2.05, 4.69) is 6.92 Å². The summed E-state index contributed by atoms with van der Waals surface area (Å²) in [6.45, 7) is 4.09. The number of aldehydes is 1. The van der Waals surface area contributed by atoms with Gasteiger partial charge in [-0.3, -0.25) is 4.79 Å². The summed E-state index contributed by atoms with van der Waals surface area (Å²) in [4.78, 5) is 10.4. The number of hydrogen-bond donors (Lipinski definition) is 0. The molecule has 0 heterocycles. The van der Waals surface area contributed by atoms with E-state index in [0.717, 1.165) is 24.7 Å². The molecule has 1 aliphatic rings. The van der Waals surface area contributed by atoms with Crippen molar-refractivity contribution < 1.29 is 4.79 Å². The van der Waals surface area contributed by atoms with Crippen molar-refractivity contribution in [2.45, 2.75) is 26.7 Å². The van der Waals surface area contributed by atoms with Gasteiger partial charge in [-0.15, -0.1) is 0 Å². The van der Waals surface area contributed by atoms with E-state index in [-0.39, 0.29) is 0 Å². The lowest BCUT2D eigenvalue weighted by Crippen LogP contribution is -1.95. The summed E-state index contributed by atoms with van der Waals surface area (Å²) in [5.41, 5.74) is 3.41. The first kappa shape index (κ1) is 7.26. The minimum atomic E-state index is 0.878. The van der Waals surface area contributed by atoms with Crippen LogP contribution < -0.4 is 0 Å². The van der Waals surface area contributed by atoms with Crippen molar-refractivity contribution in [1.82, 2.24) is 0 Å². The molecule has 0 aromatic heterocycles. The maximum Gasteiger partial charge on any atom is 0.149 e. The van der Waals surface area contributed by atoms with Crippen LogP contribution >= 0.6 is 0 Å². The predicted octanol–water partition coefficient (Wildman–Crippen LogP) is 2.24. The molecule has 0 aliphatic heterocycles. The molecular formula is C9H12O. The Morgan fingerprint density at radius 2 is 2.10 bits per heavy atom. The molecule has 0 unspecified atom stereocenters. The lowest BCUT2D eigenvalue weighted by Gasteiger charge is -2.10. The number of rotatable bonds is 1. The van der Waals surface area contributed by atoms with Gasteiger partial charge in [-0.1, -0.05) is 17.2 Å². The van der Waals surface area contributed by atoms with E-state index in [1.807, 2.05) is 13.0 Å². The van der Waals surface area contributed by atoms with Crippen molar-refractivity contribution in [3.05, 3.63) is 22.8 Å². The van der Waals surface area contributed by atoms with Gasteiger partial charge in [0.15, 0.2) is 0 Å². The third-order valence-electron chi connectivity index (χ3n) is 1.92. The summed E-state index contributed by atoms with van der Waals surface area (Å²) in [6.07, 6.45) is 5.09. The Morgan fingerprint density at radius 1 is 1.40 bits per heavy atom. The van der Waals surface area contributed by atoms with E-state index in [1.165, 1.54) is 11.1 Å². The van der Waals surface area contributed by atoms with Gasteiger partial charge in [0.2, 0.25) is 0 Å². The number of carbonyl (C=O) groups is 1. The average molecular weight is 136 g/mol. The fourth-order valence-corrected chi connectivity index (χ4v) is 1.12. The quantitative estimate of drug-likeness (QED) is 0.505. The van der Waals surface area contributed by atoms with Crippen LogP contribution in [0.4, 0.5) is 0 Å². The smallest absolute Gasteiger partial charge is 0.149 e. The van der Waals surface area contributed by atoms with E-state index >= 15 is 0 Å². The first-order valence-corrected chi connectivity index (χ1v) is 3.56. The van der Waals surface area contributed by atoms with E-state index < -0.39 is 0 Å². The van der Waals surface area contributed by atoms with Crippen LogP contribution in [0.3, 0.4) is 0 Å². The second-order valence-corrected chi connectivity index (χ2v) is 2.84. The molecule has 0 saturated carbocycles. The van der Waals surface area contributed by atoms with Crippen molar-refractivity contribution in [1.29, 1.82) is 0 Å². The second-order valence-electron chi connectivity index (χ2n) is 2.84. The zero-order chi connectivity index (χ0) is 7.56. The fraction of sp³-hybridized carbons (Fsp3) is 0.444. The van der Waals surface area contributed by atoms with E-state index in [9.17, 15) is 4.79 Å². The summed E-state index contributed by atoms with van der Waals surface area (Å²) in [7, 11) is 0. The first-order chi connectivity index (χ1) is 4.74. The minimum absolute atomic E-state index is 0.878. The van der Waals surface area contributed by atoms with Crippen molar-refractivity contribution in [2.75, 3.05) is 0 Å². The molecule has 10 heavy (non-hydrogen) atoms. The Hall–Kier alpha value is -0.850. The zero-order valence-electron chi connectivity index (χ0n) is 6.48. The highest BCUT2D eigenvalue weighted by Gasteiger charge is 2.05. The molecule has 1 rings (SSSR count). The first-order valence-electron chi connectivity index (χ1n) is 3.56. The molecule has 1 aliphatic carbocycles. The maximum atomic E-state index is 10.4. The van der Waals surface area contributed by atoms with Crippen molar-refractivity contribution in [2.24, 2.45) is 0 Å². The normalized spacial score (nSPS) is 18.8. The Kier molecular flexibility index (Phi) is 2.05. The van der Waals surface area contributed by atoms with Crippen LogP contribution in [0.25, 0.3) is 0 Å². The van der Waals surface area contributed by atoms with Crippen molar-refractivity contribution >= 4 is 6.29 Å². The zero-order valence-corrected chi connectivity index (χ0v) is 6.48. The Morgan fingerprint density at radius 3 is 2.60 bits per heavy atom.